The van der Waals surface area contributed by atoms with Crippen LogP contribution in [0, 0.1) is 0 Å². The minimum absolute atomic E-state index is 0.182. The Bertz CT molecular complexity index is 770. The van der Waals surface area contributed by atoms with Gasteiger partial charge < -0.3 is 20.7 Å². The molecule has 2 aromatic rings. The summed E-state index contributed by atoms with van der Waals surface area (Å²) in [6.45, 7) is 1.76. The molecular weight excluding hydrogens is 334 g/mol. The number of carbonyl (C=O) groups excluding carboxylic acids is 3. The van der Waals surface area contributed by atoms with Crippen molar-refractivity contribution in [1.82, 2.24) is 5.32 Å². The van der Waals surface area contributed by atoms with Gasteiger partial charge in [-0.2, -0.15) is 0 Å². The molecule has 0 saturated heterocycles. The molecule has 0 spiro atoms. The second-order valence-electron chi connectivity index (χ2n) is 5.57. The molecule has 0 saturated carbocycles. The second kappa shape index (κ2) is 9.22. The Morgan fingerprint density at radius 1 is 0.846 bits per heavy atom. The summed E-state index contributed by atoms with van der Waals surface area (Å²) in [5.41, 5.74) is 2.11. The van der Waals surface area contributed by atoms with Crippen molar-refractivity contribution in [2.75, 3.05) is 24.3 Å². The number of nitrogens with one attached hydrogen (secondary N) is 3. The molecule has 0 aromatic heterocycles. The molecule has 0 aliphatic heterocycles. The highest BCUT2D eigenvalue weighted by Gasteiger charge is 2.13. The van der Waals surface area contributed by atoms with Gasteiger partial charge in [0.2, 0.25) is 5.91 Å². The average Bonchev–Trinajstić information content (AvgIpc) is 2.63. The van der Waals surface area contributed by atoms with Gasteiger partial charge in [0.25, 0.3) is 0 Å². The SMILES string of the molecule is COc1ccc(CCNC(=O)C(=O)Nc2ccc(NC(C)=O)cc2)cc1. The molecule has 0 fully saturated rings. The van der Waals surface area contributed by atoms with Gasteiger partial charge in [0.05, 0.1) is 7.11 Å². The van der Waals surface area contributed by atoms with Gasteiger partial charge in [0.15, 0.2) is 0 Å². The summed E-state index contributed by atoms with van der Waals surface area (Å²) < 4.78 is 5.08. The van der Waals surface area contributed by atoms with E-state index in [-0.39, 0.29) is 5.91 Å². The standard InChI is InChI=1S/C19H21N3O4/c1-13(23)21-15-5-7-16(8-6-15)22-19(25)18(24)20-12-11-14-3-9-17(26-2)10-4-14/h3-10H,11-12H2,1-2H3,(H,20,24)(H,21,23)(H,22,25). The second-order valence-corrected chi connectivity index (χ2v) is 5.57. The van der Waals surface area contributed by atoms with Crippen molar-refractivity contribution >= 4 is 29.1 Å². The largest absolute Gasteiger partial charge is 0.497 e. The zero-order chi connectivity index (χ0) is 18.9. The minimum atomic E-state index is -0.744. The first kappa shape index (κ1) is 19.0. The normalized spacial score (nSPS) is 9.92. The maximum Gasteiger partial charge on any atom is 0.313 e. The lowest BCUT2D eigenvalue weighted by atomic mass is 10.1. The van der Waals surface area contributed by atoms with E-state index in [2.05, 4.69) is 16.0 Å². The maximum absolute atomic E-state index is 11.9. The van der Waals surface area contributed by atoms with Crippen LogP contribution in [0.1, 0.15) is 12.5 Å². The lowest BCUT2D eigenvalue weighted by Gasteiger charge is -2.08. The number of benzene rings is 2. The van der Waals surface area contributed by atoms with Gasteiger partial charge in [-0.3, -0.25) is 14.4 Å². The van der Waals surface area contributed by atoms with Crippen LogP contribution in [0.25, 0.3) is 0 Å². The van der Waals surface area contributed by atoms with E-state index in [1.165, 1.54) is 6.92 Å². The van der Waals surface area contributed by atoms with Crippen LogP contribution < -0.4 is 20.7 Å². The first-order chi connectivity index (χ1) is 12.5. The fourth-order valence-electron chi connectivity index (χ4n) is 2.22. The summed E-state index contributed by atoms with van der Waals surface area (Å²) in [5.74, 6) is -0.865. The number of anilines is 2. The molecule has 7 heteroatoms. The van der Waals surface area contributed by atoms with Crippen LogP contribution in [0.3, 0.4) is 0 Å². The van der Waals surface area contributed by atoms with Crippen molar-refractivity contribution in [3.05, 3.63) is 54.1 Å². The van der Waals surface area contributed by atoms with Crippen molar-refractivity contribution in [2.24, 2.45) is 0 Å². The zero-order valence-corrected chi connectivity index (χ0v) is 14.7. The number of hydrogen-bond acceptors (Lipinski definition) is 4. The first-order valence-electron chi connectivity index (χ1n) is 8.07. The number of methoxy groups -OCH3 is 1. The Balaban J connectivity index is 1.77. The Kier molecular flexibility index (Phi) is 6.73. The van der Waals surface area contributed by atoms with E-state index >= 15 is 0 Å². The van der Waals surface area contributed by atoms with Crippen LogP contribution in [0.2, 0.25) is 0 Å². The van der Waals surface area contributed by atoms with Gasteiger partial charge in [-0.15, -0.1) is 0 Å². The number of amides is 3. The van der Waals surface area contributed by atoms with Crippen LogP contribution in [0.5, 0.6) is 5.75 Å². The zero-order valence-electron chi connectivity index (χ0n) is 14.7. The molecule has 0 radical (unpaired) electrons. The van der Waals surface area contributed by atoms with Crippen molar-refractivity contribution in [2.45, 2.75) is 13.3 Å². The van der Waals surface area contributed by atoms with Crippen molar-refractivity contribution < 1.29 is 19.1 Å². The Morgan fingerprint density at radius 3 is 1.96 bits per heavy atom. The summed E-state index contributed by atoms with van der Waals surface area (Å²) in [7, 11) is 1.60. The highest BCUT2D eigenvalue weighted by Crippen LogP contribution is 2.13. The van der Waals surface area contributed by atoms with Gasteiger partial charge in [-0.1, -0.05) is 12.1 Å². The fraction of sp³-hybridized carbons (Fsp3) is 0.211. The monoisotopic (exact) mass is 355 g/mol. The van der Waals surface area contributed by atoms with Gasteiger partial charge in [-0.25, -0.2) is 0 Å². The van der Waals surface area contributed by atoms with Crippen LogP contribution in [0.4, 0.5) is 11.4 Å². The molecule has 2 rings (SSSR count). The Labute approximate surface area is 151 Å². The fourth-order valence-corrected chi connectivity index (χ4v) is 2.22. The van der Waals surface area contributed by atoms with Crippen molar-refractivity contribution in [1.29, 1.82) is 0 Å². The summed E-state index contributed by atoms with van der Waals surface area (Å²) in [6.07, 6.45) is 0.606. The molecule has 0 atom stereocenters. The molecule has 7 nitrogen and oxygen atoms in total. The summed E-state index contributed by atoms with van der Waals surface area (Å²) in [6, 6.07) is 14.0. The minimum Gasteiger partial charge on any atom is -0.497 e. The molecule has 136 valence electrons. The molecule has 3 N–H and O–H groups in total. The highest BCUT2D eigenvalue weighted by atomic mass is 16.5. The molecule has 2 aromatic carbocycles. The van der Waals surface area contributed by atoms with Crippen molar-refractivity contribution in [3.8, 4) is 5.75 Å². The molecule has 0 unspecified atom stereocenters. The van der Waals surface area contributed by atoms with Gasteiger partial charge in [0.1, 0.15) is 5.75 Å². The lowest BCUT2D eigenvalue weighted by Crippen LogP contribution is -2.36. The molecule has 0 bridgehead atoms. The van der Waals surface area contributed by atoms with E-state index in [0.717, 1.165) is 11.3 Å². The number of carbonyl (C=O) groups is 3. The predicted molar refractivity (Wildman–Crippen MR) is 99.1 cm³/mol. The van der Waals surface area contributed by atoms with Gasteiger partial charge in [-0.05, 0) is 48.4 Å². The third kappa shape index (κ3) is 5.94. The van der Waals surface area contributed by atoms with E-state index in [4.69, 9.17) is 4.74 Å². The summed E-state index contributed by atoms with van der Waals surface area (Å²) in [5, 5.41) is 7.70. The van der Waals surface area contributed by atoms with E-state index in [1.807, 2.05) is 24.3 Å². The highest BCUT2D eigenvalue weighted by molar-refractivity contribution is 6.39. The Hall–Kier alpha value is -3.35. The molecule has 0 heterocycles. The van der Waals surface area contributed by atoms with Crippen LogP contribution in [0.15, 0.2) is 48.5 Å². The summed E-state index contributed by atoms with van der Waals surface area (Å²) in [4.78, 5) is 34.7. The van der Waals surface area contributed by atoms with Crippen molar-refractivity contribution in [3.63, 3.8) is 0 Å². The quantitative estimate of drug-likeness (QED) is 0.690. The smallest absolute Gasteiger partial charge is 0.313 e. The number of ether oxygens (including phenoxy) is 1. The van der Waals surface area contributed by atoms with E-state index in [0.29, 0.717) is 24.3 Å². The molecule has 3 amide bonds. The van der Waals surface area contributed by atoms with Gasteiger partial charge in [0, 0.05) is 24.8 Å². The first-order valence-corrected chi connectivity index (χ1v) is 8.07. The van der Waals surface area contributed by atoms with E-state index in [1.54, 1.807) is 31.4 Å². The number of rotatable bonds is 6. The molecular formula is C19H21N3O4. The topological polar surface area (TPSA) is 96.5 Å². The lowest BCUT2D eigenvalue weighted by molar-refractivity contribution is -0.136. The van der Waals surface area contributed by atoms with Crippen LogP contribution in [-0.2, 0) is 20.8 Å². The predicted octanol–water partition coefficient (Wildman–Crippen LogP) is 1.95. The Morgan fingerprint density at radius 2 is 1.42 bits per heavy atom. The maximum atomic E-state index is 11.9. The van der Waals surface area contributed by atoms with Crippen LogP contribution >= 0.6 is 0 Å². The number of hydrogen-bond donors (Lipinski definition) is 3. The van der Waals surface area contributed by atoms with Gasteiger partial charge >= 0.3 is 11.8 Å². The third-order valence-electron chi connectivity index (χ3n) is 3.53. The third-order valence-corrected chi connectivity index (χ3v) is 3.53. The molecule has 0 aliphatic carbocycles. The van der Waals surface area contributed by atoms with E-state index in [9.17, 15) is 14.4 Å². The van der Waals surface area contributed by atoms with Crippen LogP contribution in [-0.4, -0.2) is 31.4 Å². The molecule has 26 heavy (non-hydrogen) atoms. The average molecular weight is 355 g/mol. The van der Waals surface area contributed by atoms with E-state index < -0.39 is 11.8 Å². The summed E-state index contributed by atoms with van der Waals surface area (Å²) >= 11 is 0. The molecule has 0 aliphatic rings.